The number of hydrogen-bond acceptors (Lipinski definition) is 9. The summed E-state index contributed by atoms with van der Waals surface area (Å²) < 4.78 is 38.2. The van der Waals surface area contributed by atoms with E-state index >= 15 is 0 Å². The maximum absolute atomic E-state index is 11.7. The van der Waals surface area contributed by atoms with Gasteiger partial charge in [0.1, 0.15) is 36.6 Å². The number of aliphatic hydroxyl groups is 3. The molecule has 0 spiro atoms. The van der Waals surface area contributed by atoms with E-state index < -0.39 is 59.5 Å². The first kappa shape index (κ1) is 29.6. The third-order valence-corrected chi connectivity index (χ3v) is 18.4. The van der Waals surface area contributed by atoms with Crippen molar-refractivity contribution in [2.75, 3.05) is 20.3 Å². The highest BCUT2D eigenvalue weighted by atomic mass is 28.5. The molecular formula is C24H48O9Si2. The number of ether oxygens (including phenoxy) is 3. The van der Waals surface area contributed by atoms with Crippen molar-refractivity contribution in [3.63, 3.8) is 0 Å². The highest BCUT2D eigenvalue weighted by Crippen LogP contribution is 2.50. The molecule has 0 unspecified atom stereocenters. The molecule has 2 heterocycles. The number of rotatable bonds is 7. The van der Waals surface area contributed by atoms with Crippen LogP contribution in [-0.4, -0.2) is 95.2 Å². The predicted molar refractivity (Wildman–Crippen MR) is 135 cm³/mol. The quantitative estimate of drug-likeness (QED) is 0.333. The largest absolute Gasteiger partial charge is 0.414 e. The summed E-state index contributed by atoms with van der Waals surface area (Å²) in [5.41, 5.74) is 0.295. The zero-order valence-corrected chi connectivity index (χ0v) is 24.9. The van der Waals surface area contributed by atoms with Crippen molar-refractivity contribution in [1.29, 1.82) is 0 Å². The van der Waals surface area contributed by atoms with Crippen LogP contribution in [0.2, 0.25) is 22.2 Å². The third kappa shape index (κ3) is 5.20. The van der Waals surface area contributed by atoms with Crippen molar-refractivity contribution in [2.45, 2.75) is 133 Å². The topological polar surface area (TPSA) is 116 Å². The summed E-state index contributed by atoms with van der Waals surface area (Å²) in [6.45, 7) is 17.7. The van der Waals surface area contributed by atoms with E-state index in [1.165, 1.54) is 0 Å². The van der Waals surface area contributed by atoms with Gasteiger partial charge in [0, 0.05) is 20.0 Å². The summed E-state index contributed by atoms with van der Waals surface area (Å²) in [7, 11) is -4.41. The lowest BCUT2D eigenvalue weighted by Crippen LogP contribution is -2.68. The van der Waals surface area contributed by atoms with Crippen LogP contribution >= 0.6 is 0 Å². The van der Waals surface area contributed by atoms with Crippen LogP contribution in [0.15, 0.2) is 0 Å². The fourth-order valence-electron chi connectivity index (χ4n) is 5.95. The first-order valence-corrected chi connectivity index (χ1v) is 17.1. The SMILES string of the molecule is COC1(O[C@H]2[C@@H](O)[C@H](O)[C@H]3O[Si](C(C)C)(C(C)C)O[Si](C(C)C)(C(C)C)O[C@@H]3[C@H]2O)CCOCC1. The van der Waals surface area contributed by atoms with Crippen LogP contribution in [0.25, 0.3) is 0 Å². The molecule has 6 atom stereocenters. The molecule has 2 saturated heterocycles. The molecule has 1 aliphatic carbocycles. The van der Waals surface area contributed by atoms with Crippen molar-refractivity contribution < 1.29 is 42.5 Å². The Morgan fingerprint density at radius 1 is 0.714 bits per heavy atom. The first-order chi connectivity index (χ1) is 16.3. The lowest BCUT2D eigenvalue weighted by atomic mass is 9.84. The predicted octanol–water partition coefficient (Wildman–Crippen LogP) is 2.95. The van der Waals surface area contributed by atoms with Gasteiger partial charge in [-0.1, -0.05) is 55.4 Å². The second-order valence-electron chi connectivity index (χ2n) is 11.6. The van der Waals surface area contributed by atoms with Crippen molar-refractivity contribution in [2.24, 2.45) is 0 Å². The number of fused-ring (bicyclic) bond motifs is 1. The van der Waals surface area contributed by atoms with Gasteiger partial charge in [-0.05, 0) is 22.2 Å². The zero-order chi connectivity index (χ0) is 26.3. The molecule has 35 heavy (non-hydrogen) atoms. The molecule has 0 aromatic heterocycles. The van der Waals surface area contributed by atoms with Gasteiger partial charge in [0.25, 0.3) is 0 Å². The van der Waals surface area contributed by atoms with Crippen LogP contribution in [0, 0.1) is 0 Å². The smallest absolute Gasteiger partial charge is 0.335 e. The van der Waals surface area contributed by atoms with Gasteiger partial charge in [0.15, 0.2) is 5.79 Å². The first-order valence-electron chi connectivity index (χ1n) is 13.2. The van der Waals surface area contributed by atoms with E-state index in [0.717, 1.165) is 0 Å². The maximum Gasteiger partial charge on any atom is 0.335 e. The van der Waals surface area contributed by atoms with Crippen LogP contribution in [0.1, 0.15) is 68.2 Å². The van der Waals surface area contributed by atoms with E-state index in [0.29, 0.717) is 26.1 Å². The van der Waals surface area contributed by atoms with Crippen LogP contribution in [0.4, 0.5) is 0 Å². The Hall–Kier alpha value is 0.0738. The lowest BCUT2D eigenvalue weighted by Gasteiger charge is -2.49. The Balaban J connectivity index is 2.07. The minimum absolute atomic E-state index is 0.0729. The lowest BCUT2D eigenvalue weighted by molar-refractivity contribution is -0.325. The molecule has 1 saturated carbocycles. The molecule has 3 rings (SSSR count). The summed E-state index contributed by atoms with van der Waals surface area (Å²) >= 11 is 0. The Bertz CT molecular complexity index is 682. The number of hydrogen-bond donors (Lipinski definition) is 3. The molecule has 9 nitrogen and oxygen atoms in total. The molecular weight excluding hydrogens is 488 g/mol. The highest BCUT2D eigenvalue weighted by Gasteiger charge is 2.65. The molecule has 2 aliphatic heterocycles. The van der Waals surface area contributed by atoms with Gasteiger partial charge < -0.3 is 42.5 Å². The van der Waals surface area contributed by atoms with Gasteiger partial charge in [0.05, 0.1) is 13.2 Å². The fraction of sp³-hybridized carbons (Fsp3) is 1.00. The van der Waals surface area contributed by atoms with E-state index in [9.17, 15) is 15.3 Å². The summed E-state index contributed by atoms with van der Waals surface area (Å²) in [5, 5.41) is 34.2. The molecule has 0 aromatic rings. The standard InChI is InChI=1S/C24H48O9Si2/c1-14(2)34(15(3)4)31-22-19(26)18(25)21(30-24(28-9)10-12-29-13-11-24)20(27)23(22)32-35(33-34,16(5)6)17(7)8/h14-23,25-27H,10-13H2,1-9H3/t18-,19-,20-,21-,22+,23+/m0/s1. The van der Waals surface area contributed by atoms with Gasteiger partial charge in [-0.3, -0.25) is 0 Å². The summed E-state index contributed by atoms with van der Waals surface area (Å²) in [6.07, 6.45) is -6.00. The fourth-order valence-corrected chi connectivity index (χ4v) is 17.3. The summed E-state index contributed by atoms with van der Waals surface area (Å²) in [5.74, 6) is -1.02. The van der Waals surface area contributed by atoms with Gasteiger partial charge in [0.2, 0.25) is 0 Å². The average molecular weight is 537 g/mol. The van der Waals surface area contributed by atoms with Crippen LogP contribution in [0.3, 0.4) is 0 Å². The second kappa shape index (κ2) is 11.1. The third-order valence-electron chi connectivity index (χ3n) is 8.18. The molecule has 0 radical (unpaired) electrons. The van der Waals surface area contributed by atoms with Gasteiger partial charge in [-0.25, -0.2) is 0 Å². The monoisotopic (exact) mass is 536 g/mol. The van der Waals surface area contributed by atoms with Gasteiger partial charge in [-0.15, -0.1) is 0 Å². The van der Waals surface area contributed by atoms with Crippen LogP contribution in [0.5, 0.6) is 0 Å². The van der Waals surface area contributed by atoms with Gasteiger partial charge in [-0.2, -0.15) is 0 Å². The Morgan fingerprint density at radius 3 is 1.54 bits per heavy atom. The zero-order valence-electron chi connectivity index (χ0n) is 22.9. The molecule has 3 fully saturated rings. The number of aliphatic hydroxyl groups excluding tert-OH is 3. The molecule has 3 N–H and O–H groups in total. The van der Waals surface area contributed by atoms with E-state index in [1.807, 2.05) is 0 Å². The van der Waals surface area contributed by atoms with Crippen molar-refractivity contribution >= 4 is 17.1 Å². The molecule has 0 aromatic carbocycles. The van der Waals surface area contributed by atoms with Crippen molar-refractivity contribution in [3.8, 4) is 0 Å². The number of methoxy groups -OCH3 is 1. The minimum Gasteiger partial charge on any atom is -0.414 e. The molecule has 11 heteroatoms. The molecule has 3 aliphatic rings. The maximum atomic E-state index is 11.7. The Kier molecular flexibility index (Phi) is 9.36. The van der Waals surface area contributed by atoms with E-state index in [1.54, 1.807) is 7.11 Å². The van der Waals surface area contributed by atoms with Crippen LogP contribution in [-0.2, 0) is 27.2 Å². The van der Waals surface area contributed by atoms with E-state index in [4.69, 9.17) is 27.2 Å². The van der Waals surface area contributed by atoms with Gasteiger partial charge >= 0.3 is 17.1 Å². The summed E-state index contributed by atoms with van der Waals surface area (Å²) in [6, 6.07) is 0. The highest BCUT2D eigenvalue weighted by molar-refractivity contribution is 6.84. The van der Waals surface area contributed by atoms with Crippen LogP contribution < -0.4 is 0 Å². The Labute approximate surface area is 212 Å². The summed E-state index contributed by atoms with van der Waals surface area (Å²) in [4.78, 5) is 0. The Morgan fingerprint density at radius 2 is 1.14 bits per heavy atom. The van der Waals surface area contributed by atoms with E-state index in [-0.39, 0.29) is 22.2 Å². The molecule has 0 bridgehead atoms. The van der Waals surface area contributed by atoms with E-state index in [2.05, 4.69) is 55.4 Å². The second-order valence-corrected chi connectivity index (χ2v) is 20.4. The molecule has 206 valence electrons. The molecule has 0 amide bonds. The normalized spacial score (nSPS) is 37.0. The average Bonchev–Trinajstić information content (AvgIpc) is 2.98. The van der Waals surface area contributed by atoms with Crippen molar-refractivity contribution in [1.82, 2.24) is 0 Å². The van der Waals surface area contributed by atoms with Crippen molar-refractivity contribution in [3.05, 3.63) is 0 Å². The minimum atomic E-state index is -2.98.